The first-order chi connectivity index (χ1) is 12.2. The Morgan fingerprint density at radius 2 is 1.42 bits per heavy atom. The number of para-hydroxylation sites is 1. The molecule has 0 aromatic heterocycles. The van der Waals surface area contributed by atoms with Gasteiger partial charge >= 0.3 is 5.97 Å². The van der Waals surface area contributed by atoms with Crippen molar-refractivity contribution in [3.05, 3.63) is 65.2 Å². The number of carbonyl (C=O) groups is 3. The van der Waals surface area contributed by atoms with E-state index < -0.39 is 40.8 Å². The molecule has 1 aliphatic heterocycles. The van der Waals surface area contributed by atoms with Crippen LogP contribution in [0.4, 0.5) is 8.78 Å². The molecule has 134 valence electrons. The summed E-state index contributed by atoms with van der Waals surface area (Å²) in [7, 11) is 0. The Balaban J connectivity index is 1.80. The van der Waals surface area contributed by atoms with Crippen molar-refractivity contribution in [3.8, 4) is 5.75 Å². The molecule has 0 aliphatic carbocycles. The minimum Gasteiger partial charge on any atom is -0.470 e. The van der Waals surface area contributed by atoms with Gasteiger partial charge in [0.05, 0.1) is 11.1 Å². The van der Waals surface area contributed by atoms with Crippen LogP contribution >= 0.6 is 0 Å². The molecule has 2 aromatic carbocycles. The number of amides is 2. The summed E-state index contributed by atoms with van der Waals surface area (Å²) in [6, 6.07) is 9.02. The summed E-state index contributed by atoms with van der Waals surface area (Å²) in [5.74, 6) is -5.58. The Bertz CT molecular complexity index is 870. The van der Waals surface area contributed by atoms with Crippen molar-refractivity contribution in [2.24, 2.45) is 0 Å². The van der Waals surface area contributed by atoms with E-state index in [4.69, 9.17) is 9.57 Å². The number of nitrogens with zero attached hydrogens (tertiary/aromatic N) is 1. The van der Waals surface area contributed by atoms with E-state index in [0.29, 0.717) is 5.06 Å². The van der Waals surface area contributed by atoms with Gasteiger partial charge in [0.2, 0.25) is 5.60 Å². The Morgan fingerprint density at radius 3 is 1.92 bits per heavy atom. The molecular weight excluding hydrogens is 348 g/mol. The van der Waals surface area contributed by atoms with Gasteiger partial charge in [-0.2, -0.15) is 0 Å². The summed E-state index contributed by atoms with van der Waals surface area (Å²) >= 11 is 0. The summed E-state index contributed by atoms with van der Waals surface area (Å²) in [5, 5.41) is 0.301. The zero-order valence-electron chi connectivity index (χ0n) is 13.8. The smallest absolute Gasteiger partial charge is 0.375 e. The molecular formula is C18H13F2NO5. The van der Waals surface area contributed by atoms with Crippen LogP contribution in [0.3, 0.4) is 0 Å². The molecule has 0 unspecified atom stereocenters. The first kappa shape index (κ1) is 17.5. The molecule has 6 nitrogen and oxygen atoms in total. The minimum atomic E-state index is -1.88. The largest absolute Gasteiger partial charge is 0.470 e. The maximum atomic E-state index is 13.7. The van der Waals surface area contributed by atoms with Gasteiger partial charge in [0.15, 0.2) is 17.4 Å². The topological polar surface area (TPSA) is 72.9 Å². The van der Waals surface area contributed by atoms with E-state index in [1.807, 2.05) is 0 Å². The van der Waals surface area contributed by atoms with Gasteiger partial charge in [0.1, 0.15) is 0 Å². The van der Waals surface area contributed by atoms with Crippen LogP contribution in [-0.2, 0) is 9.63 Å². The van der Waals surface area contributed by atoms with Gasteiger partial charge in [0, 0.05) is 0 Å². The monoisotopic (exact) mass is 361 g/mol. The number of hydrogen-bond donors (Lipinski definition) is 0. The highest BCUT2D eigenvalue weighted by Crippen LogP contribution is 2.28. The Labute approximate surface area is 146 Å². The molecule has 0 spiro atoms. The van der Waals surface area contributed by atoms with Crippen molar-refractivity contribution in [1.82, 2.24) is 5.06 Å². The van der Waals surface area contributed by atoms with Crippen LogP contribution in [0.2, 0.25) is 0 Å². The quantitative estimate of drug-likeness (QED) is 0.783. The van der Waals surface area contributed by atoms with Gasteiger partial charge in [0.25, 0.3) is 11.8 Å². The van der Waals surface area contributed by atoms with E-state index in [-0.39, 0.29) is 11.1 Å². The number of ether oxygens (including phenoxy) is 1. The van der Waals surface area contributed by atoms with E-state index in [2.05, 4.69) is 0 Å². The Kier molecular flexibility index (Phi) is 4.19. The molecule has 0 atom stereocenters. The van der Waals surface area contributed by atoms with E-state index >= 15 is 0 Å². The van der Waals surface area contributed by atoms with E-state index in [0.717, 1.165) is 18.2 Å². The van der Waals surface area contributed by atoms with Crippen LogP contribution in [0.15, 0.2) is 42.5 Å². The van der Waals surface area contributed by atoms with Crippen molar-refractivity contribution in [3.63, 3.8) is 0 Å². The van der Waals surface area contributed by atoms with Gasteiger partial charge < -0.3 is 9.57 Å². The lowest BCUT2D eigenvalue weighted by molar-refractivity contribution is -0.184. The van der Waals surface area contributed by atoms with Crippen molar-refractivity contribution < 1.29 is 32.7 Å². The summed E-state index contributed by atoms with van der Waals surface area (Å²) in [6.45, 7) is 2.39. The summed E-state index contributed by atoms with van der Waals surface area (Å²) in [6.07, 6.45) is 0. The molecule has 26 heavy (non-hydrogen) atoms. The van der Waals surface area contributed by atoms with Gasteiger partial charge in [-0.05, 0) is 38.1 Å². The third-order valence-corrected chi connectivity index (χ3v) is 3.70. The van der Waals surface area contributed by atoms with Crippen molar-refractivity contribution in [2.45, 2.75) is 19.4 Å². The van der Waals surface area contributed by atoms with E-state index in [1.165, 1.54) is 26.0 Å². The molecule has 0 fully saturated rings. The number of fused-ring (bicyclic) bond motifs is 1. The lowest BCUT2D eigenvalue weighted by atomic mass is 10.1. The number of imide groups is 1. The fraction of sp³-hybridized carbons (Fsp3) is 0.167. The van der Waals surface area contributed by atoms with Crippen molar-refractivity contribution in [2.75, 3.05) is 0 Å². The normalized spacial score (nSPS) is 13.6. The predicted octanol–water partition coefficient (Wildman–Crippen LogP) is 2.88. The minimum absolute atomic E-state index is 0.0872. The molecule has 2 aromatic rings. The molecule has 1 aliphatic rings. The van der Waals surface area contributed by atoms with Crippen LogP contribution in [0.5, 0.6) is 5.75 Å². The second-order valence-corrected chi connectivity index (χ2v) is 5.99. The molecule has 2 amide bonds. The molecule has 0 N–H and O–H groups in total. The summed E-state index contributed by atoms with van der Waals surface area (Å²) in [4.78, 5) is 41.6. The van der Waals surface area contributed by atoms with Crippen LogP contribution in [0.1, 0.15) is 34.6 Å². The predicted molar refractivity (Wildman–Crippen MR) is 84.1 cm³/mol. The molecule has 0 radical (unpaired) electrons. The third kappa shape index (κ3) is 2.90. The first-order valence-electron chi connectivity index (χ1n) is 7.55. The molecule has 1 heterocycles. The second kappa shape index (κ2) is 6.21. The first-order valence-corrected chi connectivity index (χ1v) is 7.55. The standard InChI is InChI=1S/C18H13F2NO5/c1-18(2,25-14-12(19)8-5-9-13(14)20)17(24)26-21-15(22)10-6-3-4-7-11(10)16(21)23/h3-9H,1-2H3. The molecule has 0 bridgehead atoms. The lowest BCUT2D eigenvalue weighted by Gasteiger charge is -2.26. The average molecular weight is 361 g/mol. The highest BCUT2D eigenvalue weighted by molar-refractivity contribution is 6.20. The van der Waals surface area contributed by atoms with E-state index in [9.17, 15) is 23.2 Å². The molecule has 0 saturated carbocycles. The zero-order valence-corrected chi connectivity index (χ0v) is 13.8. The van der Waals surface area contributed by atoms with E-state index in [1.54, 1.807) is 12.1 Å². The molecule has 8 heteroatoms. The Morgan fingerprint density at radius 1 is 0.923 bits per heavy atom. The third-order valence-electron chi connectivity index (χ3n) is 3.70. The number of halogens is 2. The van der Waals surface area contributed by atoms with Crippen molar-refractivity contribution in [1.29, 1.82) is 0 Å². The number of carbonyl (C=O) groups excluding carboxylic acids is 3. The van der Waals surface area contributed by atoms with Gasteiger partial charge in [-0.1, -0.05) is 23.3 Å². The van der Waals surface area contributed by atoms with Crippen molar-refractivity contribution >= 4 is 17.8 Å². The van der Waals surface area contributed by atoms with Crippen LogP contribution in [-0.4, -0.2) is 28.4 Å². The average Bonchev–Trinajstić information content (AvgIpc) is 2.84. The molecule has 3 rings (SSSR count). The summed E-state index contributed by atoms with van der Waals surface area (Å²) < 4.78 is 32.5. The highest BCUT2D eigenvalue weighted by Gasteiger charge is 2.43. The lowest BCUT2D eigenvalue weighted by Crippen LogP contribution is -2.45. The summed E-state index contributed by atoms with van der Waals surface area (Å²) in [5.41, 5.74) is -1.70. The fourth-order valence-electron chi connectivity index (χ4n) is 2.32. The number of hydroxylamine groups is 2. The number of benzene rings is 2. The van der Waals surface area contributed by atoms with Crippen LogP contribution < -0.4 is 4.74 Å². The van der Waals surface area contributed by atoms with Crippen LogP contribution in [0.25, 0.3) is 0 Å². The number of rotatable bonds is 4. The second-order valence-electron chi connectivity index (χ2n) is 5.99. The molecule has 0 saturated heterocycles. The highest BCUT2D eigenvalue weighted by atomic mass is 19.1. The Hall–Kier alpha value is -3.29. The van der Waals surface area contributed by atoms with Gasteiger partial charge in [-0.15, -0.1) is 0 Å². The number of hydrogen-bond acceptors (Lipinski definition) is 5. The zero-order chi connectivity index (χ0) is 19.1. The maximum Gasteiger partial charge on any atom is 0.375 e. The van der Waals surface area contributed by atoms with Crippen LogP contribution in [0, 0.1) is 11.6 Å². The fourth-order valence-corrected chi connectivity index (χ4v) is 2.32. The van der Waals surface area contributed by atoms with Gasteiger partial charge in [-0.25, -0.2) is 13.6 Å². The SMILES string of the molecule is CC(C)(Oc1c(F)cccc1F)C(=O)ON1C(=O)c2ccccc2C1=O. The maximum absolute atomic E-state index is 13.7. The van der Waals surface area contributed by atoms with Gasteiger partial charge in [-0.3, -0.25) is 9.59 Å².